The Labute approximate surface area is 132 Å². The third-order valence-electron chi connectivity index (χ3n) is 3.68. The summed E-state index contributed by atoms with van der Waals surface area (Å²) in [5.74, 6) is -0.418. The van der Waals surface area contributed by atoms with Crippen molar-refractivity contribution in [3.05, 3.63) is 12.2 Å². The number of hydrogen-bond acceptors (Lipinski definition) is 4. The van der Waals surface area contributed by atoms with Gasteiger partial charge in [0.1, 0.15) is 0 Å². The molecule has 0 spiro atoms. The van der Waals surface area contributed by atoms with Gasteiger partial charge in [-0.3, -0.25) is 19.3 Å². The molecule has 6 nitrogen and oxygen atoms in total. The van der Waals surface area contributed by atoms with E-state index in [4.69, 9.17) is 5.73 Å². The Morgan fingerprint density at radius 1 is 1.14 bits per heavy atom. The number of carbonyl (C=O) groups is 3. The first-order valence-corrected chi connectivity index (χ1v) is 8.07. The van der Waals surface area contributed by atoms with Crippen molar-refractivity contribution in [2.24, 2.45) is 5.73 Å². The van der Waals surface area contributed by atoms with E-state index in [0.29, 0.717) is 19.5 Å². The highest BCUT2D eigenvalue weighted by molar-refractivity contribution is 6.12. The van der Waals surface area contributed by atoms with Gasteiger partial charge in [-0.25, -0.2) is 0 Å². The van der Waals surface area contributed by atoms with E-state index in [1.165, 1.54) is 17.1 Å². The fourth-order valence-corrected chi connectivity index (χ4v) is 2.40. The molecule has 124 valence electrons. The van der Waals surface area contributed by atoms with Crippen LogP contribution in [0.1, 0.15) is 51.9 Å². The minimum atomic E-state index is -0.242. The molecule has 0 aromatic rings. The van der Waals surface area contributed by atoms with E-state index in [9.17, 15) is 14.4 Å². The smallest absolute Gasteiger partial charge is 0.253 e. The molecule has 1 unspecified atom stereocenters. The zero-order valence-electron chi connectivity index (χ0n) is 13.3. The van der Waals surface area contributed by atoms with Crippen LogP contribution in [-0.2, 0) is 14.4 Å². The fraction of sp³-hybridized carbons (Fsp3) is 0.688. The van der Waals surface area contributed by atoms with Gasteiger partial charge in [0, 0.05) is 31.2 Å². The summed E-state index contributed by atoms with van der Waals surface area (Å²) < 4.78 is 0. The topological polar surface area (TPSA) is 92.5 Å². The second-order valence-electron chi connectivity index (χ2n) is 5.73. The SMILES string of the molecule is CC(CCCCN)NC(=O)CCCCCN1C(=O)C=CC1=O. The van der Waals surface area contributed by atoms with Gasteiger partial charge in [-0.15, -0.1) is 0 Å². The molecule has 6 heteroatoms. The number of nitrogens with zero attached hydrogens (tertiary/aromatic N) is 1. The average molecular weight is 309 g/mol. The largest absolute Gasteiger partial charge is 0.354 e. The lowest BCUT2D eigenvalue weighted by atomic mass is 10.1. The standard InChI is InChI=1S/C16H27N3O3/c1-13(7-4-5-11-17)18-14(20)8-3-2-6-12-19-15(21)9-10-16(19)22/h9-10,13H,2-8,11-12,17H2,1H3,(H,18,20). The predicted octanol–water partition coefficient (Wildman–Crippen LogP) is 1.11. The predicted molar refractivity (Wildman–Crippen MR) is 84.8 cm³/mol. The number of rotatable bonds is 11. The van der Waals surface area contributed by atoms with Gasteiger partial charge in [-0.05, 0) is 39.2 Å². The number of nitrogens with one attached hydrogen (secondary N) is 1. The van der Waals surface area contributed by atoms with Gasteiger partial charge in [0.25, 0.3) is 11.8 Å². The number of unbranched alkanes of at least 4 members (excludes halogenated alkanes) is 3. The maximum atomic E-state index is 11.7. The molecule has 1 aliphatic heterocycles. The van der Waals surface area contributed by atoms with E-state index in [0.717, 1.165) is 38.5 Å². The Morgan fingerprint density at radius 3 is 2.45 bits per heavy atom. The molecule has 3 N–H and O–H groups in total. The van der Waals surface area contributed by atoms with Crippen LogP contribution < -0.4 is 11.1 Å². The molecular weight excluding hydrogens is 282 g/mol. The zero-order chi connectivity index (χ0) is 16.4. The van der Waals surface area contributed by atoms with Gasteiger partial charge in [-0.1, -0.05) is 12.8 Å². The summed E-state index contributed by atoms with van der Waals surface area (Å²) in [7, 11) is 0. The first kappa shape index (κ1) is 18.4. The van der Waals surface area contributed by atoms with Crippen molar-refractivity contribution in [2.45, 2.75) is 57.9 Å². The minimum Gasteiger partial charge on any atom is -0.354 e. The van der Waals surface area contributed by atoms with E-state index in [2.05, 4.69) is 5.32 Å². The maximum Gasteiger partial charge on any atom is 0.253 e. The van der Waals surface area contributed by atoms with Crippen molar-refractivity contribution < 1.29 is 14.4 Å². The van der Waals surface area contributed by atoms with Crippen LogP contribution in [0.2, 0.25) is 0 Å². The van der Waals surface area contributed by atoms with Crippen LogP contribution in [-0.4, -0.2) is 41.8 Å². The molecule has 0 radical (unpaired) electrons. The van der Waals surface area contributed by atoms with E-state index in [1.807, 2.05) is 6.92 Å². The average Bonchev–Trinajstić information content (AvgIpc) is 2.78. The molecule has 0 saturated carbocycles. The van der Waals surface area contributed by atoms with Crippen molar-refractivity contribution >= 4 is 17.7 Å². The number of carbonyl (C=O) groups excluding carboxylic acids is 3. The Kier molecular flexibility index (Phi) is 8.43. The summed E-state index contributed by atoms with van der Waals surface area (Å²) in [6.45, 7) is 3.13. The second-order valence-corrected chi connectivity index (χ2v) is 5.73. The van der Waals surface area contributed by atoms with Crippen molar-refractivity contribution in [2.75, 3.05) is 13.1 Å². The summed E-state index contributed by atoms with van der Waals surface area (Å²) in [4.78, 5) is 35.6. The van der Waals surface area contributed by atoms with Crippen LogP contribution in [0.4, 0.5) is 0 Å². The summed E-state index contributed by atoms with van der Waals surface area (Å²) in [5, 5.41) is 2.98. The molecule has 0 aliphatic carbocycles. The number of nitrogens with two attached hydrogens (primary N) is 1. The van der Waals surface area contributed by atoms with Gasteiger partial charge in [-0.2, -0.15) is 0 Å². The fourth-order valence-electron chi connectivity index (χ4n) is 2.40. The van der Waals surface area contributed by atoms with Gasteiger partial charge in [0.15, 0.2) is 0 Å². The molecule has 22 heavy (non-hydrogen) atoms. The Bertz CT molecular complexity index is 403. The molecule has 0 bridgehead atoms. The maximum absolute atomic E-state index is 11.7. The third kappa shape index (κ3) is 6.85. The third-order valence-corrected chi connectivity index (χ3v) is 3.68. The molecule has 0 aromatic heterocycles. The molecule has 0 fully saturated rings. The number of hydrogen-bond donors (Lipinski definition) is 2. The zero-order valence-corrected chi connectivity index (χ0v) is 13.3. The molecule has 0 saturated heterocycles. The Hall–Kier alpha value is -1.69. The Balaban J connectivity index is 2.03. The van der Waals surface area contributed by atoms with Crippen molar-refractivity contribution in [3.63, 3.8) is 0 Å². The normalized spacial score (nSPS) is 15.5. The highest BCUT2D eigenvalue weighted by Gasteiger charge is 2.22. The molecule has 0 aromatic carbocycles. The summed E-state index contributed by atoms with van der Waals surface area (Å²) in [6.07, 6.45) is 8.38. The van der Waals surface area contributed by atoms with E-state index in [1.54, 1.807) is 0 Å². The van der Waals surface area contributed by atoms with Crippen LogP contribution in [0.25, 0.3) is 0 Å². The molecule has 1 rings (SSSR count). The molecule has 3 amide bonds. The lowest BCUT2D eigenvalue weighted by Gasteiger charge is -2.14. The van der Waals surface area contributed by atoms with Gasteiger partial charge >= 0.3 is 0 Å². The number of imide groups is 1. The van der Waals surface area contributed by atoms with Gasteiger partial charge in [0.05, 0.1) is 0 Å². The molecule has 1 atom stereocenters. The second kappa shape index (κ2) is 10.1. The highest BCUT2D eigenvalue weighted by Crippen LogP contribution is 2.08. The van der Waals surface area contributed by atoms with Crippen LogP contribution >= 0.6 is 0 Å². The van der Waals surface area contributed by atoms with E-state index >= 15 is 0 Å². The first-order valence-electron chi connectivity index (χ1n) is 8.07. The molecular formula is C16H27N3O3. The van der Waals surface area contributed by atoms with Crippen molar-refractivity contribution in [1.29, 1.82) is 0 Å². The van der Waals surface area contributed by atoms with Gasteiger partial charge in [0.2, 0.25) is 5.91 Å². The van der Waals surface area contributed by atoms with Gasteiger partial charge < -0.3 is 11.1 Å². The lowest BCUT2D eigenvalue weighted by molar-refractivity contribution is -0.137. The quantitative estimate of drug-likeness (QED) is 0.441. The number of amides is 3. The van der Waals surface area contributed by atoms with Crippen LogP contribution in [0.15, 0.2) is 12.2 Å². The van der Waals surface area contributed by atoms with E-state index in [-0.39, 0.29) is 23.8 Å². The van der Waals surface area contributed by atoms with Crippen molar-refractivity contribution in [1.82, 2.24) is 10.2 Å². The summed E-state index contributed by atoms with van der Waals surface area (Å²) in [6, 6.07) is 0.185. The van der Waals surface area contributed by atoms with Crippen LogP contribution in [0, 0.1) is 0 Å². The van der Waals surface area contributed by atoms with Crippen molar-refractivity contribution in [3.8, 4) is 0 Å². The summed E-state index contributed by atoms with van der Waals surface area (Å²) >= 11 is 0. The highest BCUT2D eigenvalue weighted by atomic mass is 16.2. The van der Waals surface area contributed by atoms with Crippen LogP contribution in [0.3, 0.4) is 0 Å². The lowest BCUT2D eigenvalue weighted by Crippen LogP contribution is -2.32. The van der Waals surface area contributed by atoms with Crippen LogP contribution in [0.5, 0.6) is 0 Å². The molecule has 1 heterocycles. The monoisotopic (exact) mass is 309 g/mol. The Morgan fingerprint density at radius 2 is 1.82 bits per heavy atom. The summed E-state index contributed by atoms with van der Waals surface area (Å²) in [5.41, 5.74) is 5.44. The molecule has 1 aliphatic rings. The minimum absolute atomic E-state index is 0.0650. The first-order chi connectivity index (χ1) is 10.5. The van der Waals surface area contributed by atoms with E-state index < -0.39 is 0 Å².